The van der Waals surface area contributed by atoms with Crippen molar-refractivity contribution in [1.29, 1.82) is 0 Å². The number of rotatable bonds is 9. The molecule has 3 heterocycles. The van der Waals surface area contributed by atoms with Crippen LogP contribution in [0, 0.1) is 5.82 Å². The van der Waals surface area contributed by atoms with Gasteiger partial charge in [0.15, 0.2) is 0 Å². The SMILES string of the molecule is CCNc1cc2c(cn1)c(-c1cnn(C(CO)CO)c1)nn2C1CCC(Oc2ccc(F)cc2C(F)(F)F)CC1. The van der Waals surface area contributed by atoms with E-state index in [1.54, 1.807) is 18.6 Å². The van der Waals surface area contributed by atoms with Gasteiger partial charge in [-0.05, 0) is 50.8 Å². The maximum atomic E-state index is 13.5. The second-order valence-electron chi connectivity index (χ2n) is 9.82. The Bertz CT molecular complexity index is 1460. The Kier molecular flexibility index (Phi) is 7.95. The number of benzene rings is 1. The first-order valence-electron chi connectivity index (χ1n) is 13.1. The fourth-order valence-corrected chi connectivity index (χ4v) is 5.10. The van der Waals surface area contributed by atoms with Gasteiger partial charge in [0.25, 0.3) is 0 Å². The molecule has 1 aliphatic carbocycles. The zero-order valence-electron chi connectivity index (χ0n) is 21.8. The molecular formula is C27H30F4N6O3. The summed E-state index contributed by atoms with van der Waals surface area (Å²) in [6, 6.07) is 3.76. The normalized spacial score (nSPS) is 18.0. The molecule has 1 fully saturated rings. The van der Waals surface area contributed by atoms with Crippen LogP contribution in [-0.4, -0.2) is 60.6 Å². The Labute approximate surface area is 227 Å². The summed E-state index contributed by atoms with van der Waals surface area (Å²) in [5, 5.41) is 32.3. The highest BCUT2D eigenvalue weighted by molar-refractivity contribution is 5.93. The third-order valence-corrected chi connectivity index (χ3v) is 7.15. The lowest BCUT2D eigenvalue weighted by Crippen LogP contribution is -2.27. The summed E-state index contributed by atoms with van der Waals surface area (Å²) in [5.41, 5.74) is 1.07. The molecule has 0 atom stereocenters. The van der Waals surface area contributed by atoms with Crippen LogP contribution in [0.1, 0.15) is 50.3 Å². The van der Waals surface area contributed by atoms with E-state index in [4.69, 9.17) is 9.84 Å². The van der Waals surface area contributed by atoms with Crippen LogP contribution in [0.5, 0.6) is 5.75 Å². The molecule has 0 amide bonds. The third kappa shape index (κ3) is 5.61. The number of hydrogen-bond donors (Lipinski definition) is 3. The van der Waals surface area contributed by atoms with E-state index in [-0.39, 0.29) is 25.0 Å². The van der Waals surface area contributed by atoms with Crippen LogP contribution in [-0.2, 0) is 6.18 Å². The predicted molar refractivity (Wildman–Crippen MR) is 139 cm³/mol. The number of pyridine rings is 1. The van der Waals surface area contributed by atoms with Crippen LogP contribution in [0.4, 0.5) is 23.4 Å². The fraction of sp³-hybridized carbons (Fsp3) is 0.444. The molecule has 0 unspecified atom stereocenters. The van der Waals surface area contributed by atoms with Gasteiger partial charge in [0, 0.05) is 36.0 Å². The van der Waals surface area contributed by atoms with Crippen LogP contribution in [0.2, 0.25) is 0 Å². The molecule has 5 rings (SSSR count). The van der Waals surface area contributed by atoms with Crippen LogP contribution in [0.3, 0.4) is 0 Å². The zero-order valence-corrected chi connectivity index (χ0v) is 21.8. The molecule has 3 aromatic heterocycles. The van der Waals surface area contributed by atoms with Gasteiger partial charge in [0.05, 0.1) is 43.1 Å². The van der Waals surface area contributed by atoms with Gasteiger partial charge in [-0.2, -0.15) is 23.4 Å². The van der Waals surface area contributed by atoms with Gasteiger partial charge >= 0.3 is 6.18 Å². The molecule has 4 aromatic rings. The molecule has 0 bridgehead atoms. The van der Waals surface area contributed by atoms with Gasteiger partial charge in [0.1, 0.15) is 28.6 Å². The van der Waals surface area contributed by atoms with Crippen molar-refractivity contribution in [3.8, 4) is 17.0 Å². The molecule has 0 radical (unpaired) electrons. The molecular weight excluding hydrogens is 532 g/mol. The van der Waals surface area contributed by atoms with E-state index in [0.29, 0.717) is 55.4 Å². The lowest BCUT2D eigenvalue weighted by Gasteiger charge is -2.30. The minimum Gasteiger partial charge on any atom is -0.490 e. The Morgan fingerprint density at radius 1 is 1.10 bits per heavy atom. The Morgan fingerprint density at radius 3 is 2.52 bits per heavy atom. The molecule has 0 saturated heterocycles. The van der Waals surface area contributed by atoms with E-state index < -0.39 is 29.7 Å². The van der Waals surface area contributed by atoms with Crippen molar-refractivity contribution < 1.29 is 32.5 Å². The number of nitrogens with one attached hydrogen (secondary N) is 1. The number of nitrogens with zero attached hydrogens (tertiary/aromatic N) is 5. The first kappa shape index (κ1) is 27.8. The van der Waals surface area contributed by atoms with Crippen LogP contribution < -0.4 is 10.1 Å². The van der Waals surface area contributed by atoms with Crippen molar-refractivity contribution in [2.45, 2.75) is 57.0 Å². The Morgan fingerprint density at radius 2 is 1.85 bits per heavy atom. The first-order chi connectivity index (χ1) is 19.2. The number of anilines is 1. The van der Waals surface area contributed by atoms with E-state index in [1.165, 1.54) is 4.68 Å². The van der Waals surface area contributed by atoms with Gasteiger partial charge in [-0.15, -0.1) is 0 Å². The molecule has 0 spiro atoms. The number of halogens is 4. The summed E-state index contributed by atoms with van der Waals surface area (Å²) in [7, 11) is 0. The summed E-state index contributed by atoms with van der Waals surface area (Å²) in [6.45, 7) is 2.11. The fourth-order valence-electron chi connectivity index (χ4n) is 5.10. The van der Waals surface area contributed by atoms with Crippen molar-refractivity contribution in [3.05, 3.63) is 54.2 Å². The summed E-state index contributed by atoms with van der Waals surface area (Å²) in [6.07, 6.45) is 2.11. The van der Waals surface area contributed by atoms with Crippen LogP contribution >= 0.6 is 0 Å². The second kappa shape index (κ2) is 11.4. The standard InChI is InChI=1S/C27H30F4N6O3/c1-2-32-25-10-23-21(12-33-25)26(16-11-34-36(13-16)19(14-38)15-39)35-37(23)18-4-6-20(7-5-18)40-24-8-3-17(28)9-22(24)27(29,30)31/h3,8-13,18-20,38-39H,2,4-7,14-15H2,1H3,(H,32,33). The second-order valence-corrected chi connectivity index (χ2v) is 9.82. The number of ether oxygens (including phenoxy) is 1. The summed E-state index contributed by atoms with van der Waals surface area (Å²) in [4.78, 5) is 4.50. The Hall–Kier alpha value is -3.71. The number of hydrogen-bond acceptors (Lipinski definition) is 7. The monoisotopic (exact) mass is 562 g/mol. The molecule has 1 aliphatic rings. The minimum atomic E-state index is -4.72. The third-order valence-electron chi connectivity index (χ3n) is 7.15. The molecule has 3 N–H and O–H groups in total. The number of aliphatic hydroxyl groups is 2. The van der Waals surface area contributed by atoms with E-state index in [2.05, 4.69) is 15.4 Å². The number of fused-ring (bicyclic) bond motifs is 1. The van der Waals surface area contributed by atoms with E-state index in [0.717, 1.165) is 23.0 Å². The molecule has 1 aromatic carbocycles. The molecule has 13 heteroatoms. The molecule has 9 nitrogen and oxygen atoms in total. The highest BCUT2D eigenvalue weighted by Crippen LogP contribution is 2.40. The first-order valence-corrected chi connectivity index (χ1v) is 13.1. The highest BCUT2D eigenvalue weighted by Gasteiger charge is 2.36. The summed E-state index contributed by atoms with van der Waals surface area (Å²) >= 11 is 0. The van der Waals surface area contributed by atoms with Crippen LogP contribution in [0.25, 0.3) is 22.2 Å². The van der Waals surface area contributed by atoms with Crippen molar-refractivity contribution in [1.82, 2.24) is 24.5 Å². The zero-order chi connectivity index (χ0) is 28.4. The van der Waals surface area contributed by atoms with Gasteiger partial charge in [-0.25, -0.2) is 9.37 Å². The summed E-state index contributed by atoms with van der Waals surface area (Å²) < 4.78 is 62.9. The van der Waals surface area contributed by atoms with Gasteiger partial charge in [0.2, 0.25) is 0 Å². The van der Waals surface area contributed by atoms with Gasteiger partial charge < -0.3 is 20.3 Å². The van der Waals surface area contributed by atoms with Gasteiger partial charge in [-0.1, -0.05) is 0 Å². The average molecular weight is 563 g/mol. The lowest BCUT2D eigenvalue weighted by molar-refractivity contribution is -0.139. The van der Waals surface area contributed by atoms with Crippen molar-refractivity contribution in [2.24, 2.45) is 0 Å². The molecule has 1 saturated carbocycles. The van der Waals surface area contributed by atoms with E-state index in [1.807, 2.05) is 17.7 Å². The van der Waals surface area contributed by atoms with Crippen LogP contribution in [0.15, 0.2) is 42.9 Å². The topological polar surface area (TPSA) is 110 Å². The molecule has 40 heavy (non-hydrogen) atoms. The van der Waals surface area contributed by atoms with E-state index in [9.17, 15) is 27.8 Å². The van der Waals surface area contributed by atoms with Crippen molar-refractivity contribution in [3.63, 3.8) is 0 Å². The maximum absolute atomic E-state index is 13.5. The highest BCUT2D eigenvalue weighted by atomic mass is 19.4. The van der Waals surface area contributed by atoms with Crippen molar-refractivity contribution >= 4 is 16.7 Å². The Balaban J connectivity index is 1.41. The smallest absolute Gasteiger partial charge is 0.420 e. The largest absolute Gasteiger partial charge is 0.490 e. The van der Waals surface area contributed by atoms with Crippen molar-refractivity contribution in [2.75, 3.05) is 25.1 Å². The van der Waals surface area contributed by atoms with Gasteiger partial charge in [-0.3, -0.25) is 9.36 Å². The number of aromatic nitrogens is 5. The minimum absolute atomic E-state index is 0.0408. The lowest BCUT2D eigenvalue weighted by atomic mass is 9.93. The molecule has 0 aliphatic heterocycles. The predicted octanol–water partition coefficient (Wildman–Crippen LogP) is 4.97. The number of alkyl halides is 3. The quantitative estimate of drug-likeness (QED) is 0.247. The average Bonchev–Trinajstić information content (AvgIpc) is 3.56. The summed E-state index contributed by atoms with van der Waals surface area (Å²) in [5.74, 6) is -0.649. The molecule has 214 valence electrons. The van der Waals surface area contributed by atoms with E-state index >= 15 is 0 Å². The number of aliphatic hydroxyl groups excluding tert-OH is 2. The maximum Gasteiger partial charge on any atom is 0.420 e.